The molecule has 0 rings (SSSR count). The van der Waals surface area contributed by atoms with Crippen LogP contribution in [0, 0.1) is 5.41 Å². The lowest BCUT2D eigenvalue weighted by molar-refractivity contribution is 0.243. The molecule has 0 heterocycles. The van der Waals surface area contributed by atoms with E-state index in [4.69, 9.17) is 11.1 Å². The van der Waals surface area contributed by atoms with Gasteiger partial charge in [0.1, 0.15) is 0 Å². The summed E-state index contributed by atoms with van der Waals surface area (Å²) in [5, 5.41) is 14.5. The van der Waals surface area contributed by atoms with Gasteiger partial charge in [-0.15, -0.1) is 0 Å². The van der Waals surface area contributed by atoms with Gasteiger partial charge < -0.3 is 21.7 Å². The number of hydrogen-bond acceptors (Lipinski definition) is 2. The first-order valence-electron chi connectivity index (χ1n) is 3.70. The van der Waals surface area contributed by atoms with Crippen molar-refractivity contribution in [2.24, 2.45) is 5.73 Å². The molecule has 70 valence electrons. The first-order valence-corrected chi connectivity index (χ1v) is 3.70. The van der Waals surface area contributed by atoms with E-state index >= 15 is 0 Å². The quantitative estimate of drug-likeness (QED) is 0.209. The summed E-state index contributed by atoms with van der Waals surface area (Å²) in [7, 11) is 1.56. The van der Waals surface area contributed by atoms with Crippen molar-refractivity contribution < 1.29 is 4.79 Å². The highest BCUT2D eigenvalue weighted by Gasteiger charge is 1.93. The molecule has 0 radical (unpaired) electrons. The number of nitrogens with one attached hydrogen (secondary N) is 4. The number of guanidine groups is 1. The van der Waals surface area contributed by atoms with Crippen LogP contribution in [0.15, 0.2) is 0 Å². The Hall–Kier alpha value is -1.46. The van der Waals surface area contributed by atoms with Crippen LogP contribution in [-0.2, 0) is 0 Å². The molecule has 6 heteroatoms. The topological polar surface area (TPSA) is 103 Å². The van der Waals surface area contributed by atoms with Crippen LogP contribution in [0.1, 0.15) is 6.42 Å². The fourth-order valence-electron chi connectivity index (χ4n) is 0.602. The van der Waals surface area contributed by atoms with Crippen molar-refractivity contribution in [3.8, 4) is 0 Å². The molecule has 12 heavy (non-hydrogen) atoms. The van der Waals surface area contributed by atoms with Crippen LogP contribution in [-0.4, -0.2) is 32.1 Å². The largest absolute Gasteiger partial charge is 0.370 e. The molecule has 0 aromatic heterocycles. The summed E-state index contributed by atoms with van der Waals surface area (Å²) in [6.07, 6.45) is 0.743. The lowest BCUT2D eigenvalue weighted by Crippen LogP contribution is -2.36. The zero-order chi connectivity index (χ0) is 9.40. The van der Waals surface area contributed by atoms with E-state index in [1.165, 1.54) is 0 Å². The van der Waals surface area contributed by atoms with E-state index in [-0.39, 0.29) is 12.0 Å². The number of urea groups is 1. The molecule has 6 N–H and O–H groups in total. The summed E-state index contributed by atoms with van der Waals surface area (Å²) < 4.78 is 0. The van der Waals surface area contributed by atoms with Crippen LogP contribution in [0.3, 0.4) is 0 Å². The zero-order valence-electron chi connectivity index (χ0n) is 7.11. The Labute approximate surface area is 71.4 Å². The Bertz CT molecular complexity index is 158. The van der Waals surface area contributed by atoms with Gasteiger partial charge in [0.2, 0.25) is 0 Å². The third-order valence-electron chi connectivity index (χ3n) is 1.18. The minimum atomic E-state index is -0.196. The monoisotopic (exact) mass is 173 g/mol. The van der Waals surface area contributed by atoms with E-state index in [0.29, 0.717) is 13.1 Å². The lowest BCUT2D eigenvalue weighted by atomic mass is 10.4. The maximum Gasteiger partial charge on any atom is 0.314 e. The predicted octanol–water partition coefficient (Wildman–Crippen LogP) is -1.21. The fourth-order valence-corrected chi connectivity index (χ4v) is 0.602. The van der Waals surface area contributed by atoms with Gasteiger partial charge in [0.15, 0.2) is 5.96 Å². The van der Waals surface area contributed by atoms with Crippen LogP contribution < -0.4 is 21.7 Å². The number of nitrogens with two attached hydrogens (primary N) is 1. The summed E-state index contributed by atoms with van der Waals surface area (Å²) in [5.74, 6) is -0.0463. The molecule has 0 aromatic rings. The molecule has 0 fully saturated rings. The van der Waals surface area contributed by atoms with Gasteiger partial charge in [-0.05, 0) is 6.42 Å². The minimum Gasteiger partial charge on any atom is -0.370 e. The molecule has 0 aliphatic rings. The van der Waals surface area contributed by atoms with Crippen molar-refractivity contribution in [3.05, 3.63) is 0 Å². The predicted molar refractivity (Wildman–Crippen MR) is 47.0 cm³/mol. The molecule has 0 unspecified atom stereocenters. The molecule has 0 aromatic carbocycles. The Morgan fingerprint density at radius 3 is 2.50 bits per heavy atom. The van der Waals surface area contributed by atoms with Gasteiger partial charge >= 0.3 is 6.03 Å². The van der Waals surface area contributed by atoms with E-state index in [9.17, 15) is 4.79 Å². The maximum absolute atomic E-state index is 10.6. The van der Waals surface area contributed by atoms with E-state index in [1.54, 1.807) is 7.05 Å². The SMILES string of the molecule is CNC(=O)NCCCNC(=N)N. The summed E-state index contributed by atoms with van der Waals surface area (Å²) in [6, 6.07) is -0.196. The summed E-state index contributed by atoms with van der Waals surface area (Å²) >= 11 is 0. The molecule has 0 bridgehead atoms. The first-order chi connectivity index (χ1) is 5.66. The first kappa shape index (κ1) is 10.5. The number of amides is 2. The van der Waals surface area contributed by atoms with Crippen LogP contribution in [0.5, 0.6) is 0 Å². The van der Waals surface area contributed by atoms with Crippen molar-refractivity contribution in [1.82, 2.24) is 16.0 Å². The molecule has 2 amide bonds. The van der Waals surface area contributed by atoms with Gasteiger partial charge in [0, 0.05) is 20.1 Å². The van der Waals surface area contributed by atoms with E-state index in [0.717, 1.165) is 6.42 Å². The molecule has 0 spiro atoms. The van der Waals surface area contributed by atoms with Crippen molar-refractivity contribution in [2.45, 2.75) is 6.42 Å². The molecule has 0 atom stereocenters. The van der Waals surface area contributed by atoms with Gasteiger partial charge in [-0.2, -0.15) is 0 Å². The van der Waals surface area contributed by atoms with Crippen molar-refractivity contribution in [2.75, 3.05) is 20.1 Å². The average Bonchev–Trinajstić information content (AvgIpc) is 2.03. The molecule has 0 aliphatic heterocycles. The maximum atomic E-state index is 10.6. The van der Waals surface area contributed by atoms with Gasteiger partial charge in [0.25, 0.3) is 0 Å². The molecular formula is C6H15N5O. The highest BCUT2D eigenvalue weighted by atomic mass is 16.2. The highest BCUT2D eigenvalue weighted by molar-refractivity contribution is 5.74. The Balaban J connectivity index is 3.11. The Kier molecular flexibility index (Phi) is 5.50. The van der Waals surface area contributed by atoms with Crippen molar-refractivity contribution >= 4 is 12.0 Å². The third-order valence-corrected chi connectivity index (χ3v) is 1.18. The average molecular weight is 173 g/mol. The van der Waals surface area contributed by atoms with E-state index in [2.05, 4.69) is 16.0 Å². The van der Waals surface area contributed by atoms with E-state index in [1.807, 2.05) is 0 Å². The Morgan fingerprint density at radius 1 is 1.42 bits per heavy atom. The van der Waals surface area contributed by atoms with Crippen LogP contribution in [0.2, 0.25) is 0 Å². The second-order valence-corrected chi connectivity index (χ2v) is 2.20. The molecular weight excluding hydrogens is 158 g/mol. The molecule has 0 aliphatic carbocycles. The van der Waals surface area contributed by atoms with Gasteiger partial charge in [0.05, 0.1) is 0 Å². The number of rotatable bonds is 4. The second kappa shape index (κ2) is 6.26. The number of carbonyl (C=O) groups is 1. The third kappa shape index (κ3) is 6.66. The Morgan fingerprint density at radius 2 is 2.00 bits per heavy atom. The van der Waals surface area contributed by atoms with Gasteiger partial charge in [-0.3, -0.25) is 5.41 Å². The zero-order valence-corrected chi connectivity index (χ0v) is 7.11. The normalized spacial score (nSPS) is 8.75. The van der Waals surface area contributed by atoms with Crippen LogP contribution in [0.4, 0.5) is 4.79 Å². The van der Waals surface area contributed by atoms with Gasteiger partial charge in [-0.25, -0.2) is 4.79 Å². The second-order valence-electron chi connectivity index (χ2n) is 2.20. The molecule has 0 saturated heterocycles. The fraction of sp³-hybridized carbons (Fsp3) is 0.667. The van der Waals surface area contributed by atoms with E-state index < -0.39 is 0 Å². The number of hydrogen-bond donors (Lipinski definition) is 5. The summed E-state index contributed by atoms with van der Waals surface area (Å²) in [6.45, 7) is 1.17. The standard InChI is InChI=1S/C6H15N5O/c1-9-6(12)11-4-2-3-10-5(7)8/h2-4H2,1H3,(H4,7,8,10)(H2,9,11,12). The van der Waals surface area contributed by atoms with Crippen molar-refractivity contribution in [3.63, 3.8) is 0 Å². The summed E-state index contributed by atoms with van der Waals surface area (Å²) in [4.78, 5) is 10.6. The number of carbonyl (C=O) groups excluding carboxylic acids is 1. The smallest absolute Gasteiger partial charge is 0.314 e. The molecule has 6 nitrogen and oxygen atoms in total. The highest BCUT2D eigenvalue weighted by Crippen LogP contribution is 1.72. The lowest BCUT2D eigenvalue weighted by Gasteiger charge is -2.04. The van der Waals surface area contributed by atoms with Crippen LogP contribution in [0.25, 0.3) is 0 Å². The van der Waals surface area contributed by atoms with Crippen molar-refractivity contribution in [1.29, 1.82) is 5.41 Å². The van der Waals surface area contributed by atoms with Gasteiger partial charge in [-0.1, -0.05) is 0 Å². The summed E-state index contributed by atoms with van der Waals surface area (Å²) in [5.41, 5.74) is 5.03. The van der Waals surface area contributed by atoms with Crippen LogP contribution >= 0.6 is 0 Å². The minimum absolute atomic E-state index is 0.0463. The molecule has 0 saturated carbocycles.